The van der Waals surface area contributed by atoms with Gasteiger partial charge in [0, 0.05) is 36.0 Å². The third-order valence-electron chi connectivity index (χ3n) is 7.65. The molecule has 1 amide bonds. The van der Waals surface area contributed by atoms with Crippen molar-refractivity contribution in [3.8, 4) is 6.07 Å². The maximum atomic E-state index is 13.2. The zero-order valence-electron chi connectivity index (χ0n) is 19.1. The van der Waals surface area contributed by atoms with E-state index in [1.807, 2.05) is 0 Å². The number of aromatic nitrogens is 3. The van der Waals surface area contributed by atoms with Gasteiger partial charge in [0.25, 0.3) is 0 Å². The number of carbonyl (C=O) groups excluding carboxylic acids is 1. The Hall–Kier alpha value is -3.14. The highest BCUT2D eigenvalue weighted by Gasteiger charge is 2.58. The standard InChI is InChI=1S/C23H25F3N8O/c1-12(13-4-5-16(30-11-13)23(24,25)26)34-19-17(15(10-27)33-34)20(35)32-21(31-19)22(2)7-6-14(22)18-28-8-3-9-29-18/h3-5,8-9,11-12,14-15,17,19,21,31,33H,6-7H2,1-2H3,(H,32,35)/t12-,14+,15?,17?,19?,21?,22-/m0/s1. The third-order valence-corrected chi connectivity index (χ3v) is 7.65. The summed E-state index contributed by atoms with van der Waals surface area (Å²) in [6, 6.07) is 4.95. The molecule has 0 bridgehead atoms. The molecule has 0 aromatic carbocycles. The smallest absolute Gasteiger partial charge is 0.340 e. The van der Waals surface area contributed by atoms with Crippen LogP contribution in [0.1, 0.15) is 55.7 Å². The maximum absolute atomic E-state index is 13.2. The van der Waals surface area contributed by atoms with E-state index in [-0.39, 0.29) is 17.2 Å². The molecule has 0 spiro atoms. The third kappa shape index (κ3) is 3.93. The lowest BCUT2D eigenvalue weighted by atomic mass is 9.58. The summed E-state index contributed by atoms with van der Waals surface area (Å²) in [5.74, 6) is -0.181. The monoisotopic (exact) mass is 486 g/mol. The molecule has 3 N–H and O–H groups in total. The summed E-state index contributed by atoms with van der Waals surface area (Å²) in [6.07, 6.45) is 0.827. The second-order valence-corrected chi connectivity index (χ2v) is 9.58. The van der Waals surface area contributed by atoms with Gasteiger partial charge in [-0.15, -0.1) is 0 Å². The summed E-state index contributed by atoms with van der Waals surface area (Å²) >= 11 is 0. The first-order valence-corrected chi connectivity index (χ1v) is 11.4. The van der Waals surface area contributed by atoms with Crippen LogP contribution in [-0.4, -0.2) is 44.2 Å². The minimum Gasteiger partial charge on any atom is -0.340 e. The first-order valence-electron chi connectivity index (χ1n) is 11.4. The Balaban J connectivity index is 1.41. The Bertz CT molecular complexity index is 1140. The number of carbonyl (C=O) groups is 1. The second kappa shape index (κ2) is 8.51. The average molecular weight is 487 g/mol. The summed E-state index contributed by atoms with van der Waals surface area (Å²) in [4.78, 5) is 25.6. The summed E-state index contributed by atoms with van der Waals surface area (Å²) in [6.45, 7) is 3.87. The molecule has 1 saturated carbocycles. The zero-order chi connectivity index (χ0) is 25.0. The Labute approximate surface area is 200 Å². The SMILES string of the molecule is C[C@@H](c1ccc(C(F)(F)F)nc1)N1NC(C#N)C2C(=O)NC([C@@]3(C)CC[C@@H]3c3ncccn3)NC21. The minimum absolute atomic E-state index is 0.0455. The highest BCUT2D eigenvalue weighted by molar-refractivity contribution is 5.82. The molecule has 9 nitrogen and oxygen atoms in total. The number of pyridine rings is 1. The molecule has 0 radical (unpaired) electrons. The summed E-state index contributed by atoms with van der Waals surface area (Å²) in [7, 11) is 0. The van der Waals surface area contributed by atoms with Gasteiger partial charge in [0.05, 0.1) is 24.3 Å². The van der Waals surface area contributed by atoms with Gasteiger partial charge >= 0.3 is 6.18 Å². The molecule has 4 unspecified atom stereocenters. The van der Waals surface area contributed by atoms with Crippen LogP contribution in [0.4, 0.5) is 13.2 Å². The molecule has 2 aliphatic heterocycles. The molecule has 4 heterocycles. The van der Waals surface area contributed by atoms with E-state index in [0.29, 0.717) is 5.56 Å². The Morgan fingerprint density at radius 3 is 2.57 bits per heavy atom. The van der Waals surface area contributed by atoms with Crippen LogP contribution in [0.15, 0.2) is 36.8 Å². The van der Waals surface area contributed by atoms with E-state index in [0.717, 1.165) is 24.7 Å². The van der Waals surface area contributed by atoms with Crippen molar-refractivity contribution in [2.75, 3.05) is 0 Å². The lowest BCUT2D eigenvalue weighted by Crippen LogP contribution is -2.71. The van der Waals surface area contributed by atoms with Crippen molar-refractivity contribution in [1.29, 1.82) is 5.26 Å². The largest absolute Gasteiger partial charge is 0.433 e. The van der Waals surface area contributed by atoms with Crippen molar-refractivity contribution in [1.82, 2.24) is 36.0 Å². The van der Waals surface area contributed by atoms with Gasteiger partial charge in [0.2, 0.25) is 5.91 Å². The van der Waals surface area contributed by atoms with Crippen LogP contribution in [0.3, 0.4) is 0 Å². The van der Waals surface area contributed by atoms with Gasteiger partial charge in [0.1, 0.15) is 17.6 Å². The van der Waals surface area contributed by atoms with Crippen LogP contribution in [0.2, 0.25) is 0 Å². The Kier molecular flexibility index (Phi) is 5.74. The lowest BCUT2D eigenvalue weighted by Gasteiger charge is -2.54. The number of rotatable bonds is 4. The van der Waals surface area contributed by atoms with E-state index in [1.165, 1.54) is 12.3 Å². The molecule has 2 saturated heterocycles. The molecule has 2 aromatic heterocycles. The first kappa shape index (κ1) is 23.6. The predicted molar refractivity (Wildman–Crippen MR) is 116 cm³/mol. The molecular weight excluding hydrogens is 461 g/mol. The molecule has 35 heavy (non-hydrogen) atoms. The van der Waals surface area contributed by atoms with Gasteiger partial charge in [-0.05, 0) is 37.5 Å². The first-order chi connectivity index (χ1) is 16.6. The number of nitrogens with one attached hydrogen (secondary N) is 3. The van der Waals surface area contributed by atoms with E-state index in [1.54, 1.807) is 30.4 Å². The van der Waals surface area contributed by atoms with Crippen molar-refractivity contribution in [2.24, 2.45) is 11.3 Å². The van der Waals surface area contributed by atoms with Crippen molar-refractivity contribution < 1.29 is 18.0 Å². The van der Waals surface area contributed by atoms with E-state index < -0.39 is 42.2 Å². The number of fused-ring (bicyclic) bond motifs is 1. The normalized spacial score (nSPS) is 33.8. The number of alkyl halides is 3. The average Bonchev–Trinajstić information content (AvgIpc) is 3.22. The minimum atomic E-state index is -4.53. The molecule has 3 aliphatic rings. The lowest BCUT2D eigenvalue weighted by molar-refractivity contribution is -0.141. The van der Waals surface area contributed by atoms with Gasteiger partial charge in [-0.1, -0.05) is 13.0 Å². The fraction of sp³-hybridized carbons (Fsp3) is 0.522. The van der Waals surface area contributed by atoms with Crippen LogP contribution >= 0.6 is 0 Å². The van der Waals surface area contributed by atoms with E-state index in [2.05, 4.69) is 44.0 Å². The molecule has 3 fully saturated rings. The van der Waals surface area contributed by atoms with Crippen LogP contribution in [0, 0.1) is 22.7 Å². The summed E-state index contributed by atoms with van der Waals surface area (Å²) in [5.41, 5.74) is 2.28. The van der Waals surface area contributed by atoms with E-state index in [9.17, 15) is 23.2 Å². The second-order valence-electron chi connectivity index (χ2n) is 9.58. The fourth-order valence-corrected chi connectivity index (χ4v) is 5.41. The molecule has 12 heteroatoms. The molecule has 2 aromatic rings. The number of amides is 1. The topological polar surface area (TPSA) is 119 Å². The van der Waals surface area contributed by atoms with Crippen molar-refractivity contribution >= 4 is 5.91 Å². The highest BCUT2D eigenvalue weighted by Crippen LogP contribution is 2.54. The number of halogens is 3. The van der Waals surface area contributed by atoms with Crippen LogP contribution in [0.5, 0.6) is 0 Å². The van der Waals surface area contributed by atoms with Crippen molar-refractivity contribution in [3.63, 3.8) is 0 Å². The number of hydrazine groups is 1. The number of hydrogen-bond donors (Lipinski definition) is 3. The van der Waals surface area contributed by atoms with Gasteiger partial charge in [-0.2, -0.15) is 18.4 Å². The summed E-state index contributed by atoms with van der Waals surface area (Å²) < 4.78 is 38.8. The number of nitriles is 1. The summed E-state index contributed by atoms with van der Waals surface area (Å²) in [5, 5.41) is 18.0. The molecule has 7 atom stereocenters. The van der Waals surface area contributed by atoms with E-state index >= 15 is 0 Å². The molecule has 184 valence electrons. The molecule has 5 rings (SSSR count). The number of hydrogen-bond acceptors (Lipinski definition) is 8. The Morgan fingerprint density at radius 1 is 1.26 bits per heavy atom. The van der Waals surface area contributed by atoms with Crippen LogP contribution in [0.25, 0.3) is 0 Å². The van der Waals surface area contributed by atoms with Crippen molar-refractivity contribution in [3.05, 3.63) is 53.9 Å². The molecule has 1 aliphatic carbocycles. The molecular formula is C23H25F3N8O. The number of nitrogens with zero attached hydrogens (tertiary/aromatic N) is 5. The quantitative estimate of drug-likeness (QED) is 0.602. The van der Waals surface area contributed by atoms with Gasteiger partial charge in [-0.25, -0.2) is 20.4 Å². The van der Waals surface area contributed by atoms with Crippen molar-refractivity contribution in [2.45, 2.75) is 63.2 Å². The Morgan fingerprint density at radius 2 is 2.00 bits per heavy atom. The van der Waals surface area contributed by atoms with Crippen LogP contribution in [-0.2, 0) is 11.0 Å². The fourth-order valence-electron chi connectivity index (χ4n) is 5.41. The predicted octanol–water partition coefficient (Wildman–Crippen LogP) is 2.24. The van der Waals surface area contributed by atoms with Crippen LogP contribution < -0.4 is 16.1 Å². The maximum Gasteiger partial charge on any atom is 0.433 e. The van der Waals surface area contributed by atoms with E-state index in [4.69, 9.17) is 0 Å². The van der Waals surface area contributed by atoms with Gasteiger partial charge in [-0.3, -0.25) is 15.1 Å². The highest BCUT2D eigenvalue weighted by atomic mass is 19.4. The van der Waals surface area contributed by atoms with Gasteiger partial charge in [0.15, 0.2) is 0 Å². The zero-order valence-corrected chi connectivity index (χ0v) is 19.1. The van der Waals surface area contributed by atoms with Gasteiger partial charge < -0.3 is 5.32 Å².